The number of hydrogen-bond donors (Lipinski definition) is 1. The van der Waals surface area contributed by atoms with Crippen molar-refractivity contribution < 1.29 is 0 Å². The number of hydrogen-bond acceptors (Lipinski definition) is 3. The molecular weight excluding hydrogens is 284 g/mol. The molecule has 2 heterocycles. The van der Waals surface area contributed by atoms with Crippen LogP contribution in [0.15, 0.2) is 0 Å². The van der Waals surface area contributed by atoms with Crippen LogP contribution in [0.2, 0.25) is 5.02 Å². The maximum atomic E-state index is 6.43. The van der Waals surface area contributed by atoms with E-state index in [2.05, 4.69) is 22.2 Å². The van der Waals surface area contributed by atoms with Crippen molar-refractivity contribution >= 4 is 11.6 Å². The van der Waals surface area contributed by atoms with Gasteiger partial charge in [-0.25, -0.2) is 0 Å². The maximum Gasteiger partial charge on any atom is 0.0860 e. The first-order valence-corrected chi connectivity index (χ1v) is 8.56. The standard InChI is InChI=1S/C16H27ClN4/c1-12-9-18-16(7-5-4-6-8-16)11-21(12)10-14-15(17)13(2)19-20(14)3/h12,18H,4-11H2,1-3H3. The molecule has 2 aliphatic rings. The lowest BCUT2D eigenvalue weighted by Gasteiger charge is -2.49. The highest BCUT2D eigenvalue weighted by atomic mass is 35.5. The van der Waals surface area contributed by atoms with Gasteiger partial charge in [0.05, 0.1) is 16.4 Å². The Morgan fingerprint density at radius 3 is 2.67 bits per heavy atom. The van der Waals surface area contributed by atoms with E-state index in [-0.39, 0.29) is 0 Å². The number of piperazine rings is 1. The molecule has 1 aliphatic heterocycles. The second kappa shape index (κ2) is 5.90. The predicted octanol–water partition coefficient (Wildman–Crippen LogP) is 2.88. The lowest BCUT2D eigenvalue weighted by molar-refractivity contribution is 0.0556. The number of aromatic nitrogens is 2. The molecule has 1 aliphatic carbocycles. The Kier molecular flexibility index (Phi) is 4.30. The predicted molar refractivity (Wildman–Crippen MR) is 86.6 cm³/mol. The van der Waals surface area contributed by atoms with Gasteiger partial charge in [-0.15, -0.1) is 0 Å². The molecule has 1 unspecified atom stereocenters. The topological polar surface area (TPSA) is 33.1 Å². The minimum absolute atomic E-state index is 0.338. The molecule has 0 bridgehead atoms. The smallest absolute Gasteiger partial charge is 0.0860 e. The third kappa shape index (κ3) is 2.99. The van der Waals surface area contributed by atoms with E-state index < -0.39 is 0 Å². The van der Waals surface area contributed by atoms with E-state index in [1.165, 1.54) is 32.1 Å². The van der Waals surface area contributed by atoms with Gasteiger partial charge >= 0.3 is 0 Å². The number of halogens is 1. The van der Waals surface area contributed by atoms with Crippen molar-refractivity contribution in [2.24, 2.45) is 7.05 Å². The average molecular weight is 311 g/mol. The van der Waals surface area contributed by atoms with Crippen LogP contribution in [0.3, 0.4) is 0 Å². The summed E-state index contributed by atoms with van der Waals surface area (Å²) in [4.78, 5) is 2.59. The van der Waals surface area contributed by atoms with Gasteiger partial charge in [0.2, 0.25) is 0 Å². The van der Waals surface area contributed by atoms with Crippen molar-refractivity contribution in [1.82, 2.24) is 20.0 Å². The van der Waals surface area contributed by atoms with Gasteiger partial charge in [0.1, 0.15) is 0 Å². The van der Waals surface area contributed by atoms with Gasteiger partial charge in [-0.2, -0.15) is 5.10 Å². The van der Waals surface area contributed by atoms with Gasteiger partial charge < -0.3 is 5.32 Å². The van der Waals surface area contributed by atoms with Gasteiger partial charge in [0, 0.05) is 38.3 Å². The zero-order chi connectivity index (χ0) is 15.0. The summed E-state index contributed by atoms with van der Waals surface area (Å²) in [5.41, 5.74) is 2.42. The summed E-state index contributed by atoms with van der Waals surface area (Å²) in [5.74, 6) is 0. The van der Waals surface area contributed by atoms with Gasteiger partial charge in [-0.1, -0.05) is 30.9 Å². The highest BCUT2D eigenvalue weighted by Gasteiger charge is 2.38. The van der Waals surface area contributed by atoms with Crippen molar-refractivity contribution in [3.63, 3.8) is 0 Å². The monoisotopic (exact) mass is 310 g/mol. The van der Waals surface area contributed by atoms with E-state index in [1.54, 1.807) is 0 Å². The molecule has 0 radical (unpaired) electrons. The molecule has 1 saturated heterocycles. The van der Waals surface area contributed by atoms with Gasteiger partial charge in [0.15, 0.2) is 0 Å². The maximum absolute atomic E-state index is 6.43. The Morgan fingerprint density at radius 1 is 1.33 bits per heavy atom. The number of nitrogens with zero attached hydrogens (tertiary/aromatic N) is 3. The fourth-order valence-electron chi connectivity index (χ4n) is 3.91. The van der Waals surface area contributed by atoms with Crippen LogP contribution in [0.5, 0.6) is 0 Å². The van der Waals surface area contributed by atoms with Crippen LogP contribution in [-0.2, 0) is 13.6 Å². The first-order chi connectivity index (χ1) is 10.0. The molecule has 21 heavy (non-hydrogen) atoms. The van der Waals surface area contributed by atoms with Gasteiger partial charge in [-0.05, 0) is 26.7 Å². The first kappa shape index (κ1) is 15.3. The van der Waals surface area contributed by atoms with Crippen molar-refractivity contribution in [1.29, 1.82) is 0 Å². The summed E-state index contributed by atoms with van der Waals surface area (Å²) in [5, 5.41) is 9.12. The molecule has 1 aromatic heterocycles. The number of aryl methyl sites for hydroxylation is 2. The lowest BCUT2D eigenvalue weighted by atomic mass is 9.79. The molecule has 1 spiro atoms. The van der Waals surface area contributed by atoms with Crippen LogP contribution >= 0.6 is 11.6 Å². The average Bonchev–Trinajstić information content (AvgIpc) is 2.71. The third-order valence-electron chi connectivity index (χ3n) is 5.33. The summed E-state index contributed by atoms with van der Waals surface area (Å²) in [7, 11) is 2.00. The summed E-state index contributed by atoms with van der Waals surface area (Å²) < 4.78 is 1.94. The van der Waals surface area contributed by atoms with Crippen LogP contribution in [-0.4, -0.2) is 39.4 Å². The zero-order valence-electron chi connectivity index (χ0n) is 13.5. The fraction of sp³-hybridized carbons (Fsp3) is 0.812. The second-order valence-electron chi connectivity index (χ2n) is 6.95. The SMILES string of the molecule is Cc1nn(C)c(CN2CC3(CCCCC3)NCC2C)c1Cl. The molecule has 1 saturated carbocycles. The number of nitrogens with one attached hydrogen (secondary N) is 1. The molecule has 1 aromatic rings. The largest absolute Gasteiger partial charge is 0.308 e. The van der Waals surface area contributed by atoms with Crippen molar-refractivity contribution in [3.8, 4) is 0 Å². The van der Waals surface area contributed by atoms with Crippen LogP contribution in [0, 0.1) is 6.92 Å². The molecule has 0 aromatic carbocycles. The summed E-state index contributed by atoms with van der Waals surface area (Å²) in [6, 6.07) is 0.545. The summed E-state index contributed by atoms with van der Waals surface area (Å²) in [6.45, 7) is 7.40. The van der Waals surface area contributed by atoms with Crippen LogP contribution in [0.25, 0.3) is 0 Å². The van der Waals surface area contributed by atoms with Crippen LogP contribution in [0.4, 0.5) is 0 Å². The molecule has 3 rings (SSSR count). The van der Waals surface area contributed by atoms with E-state index in [1.807, 2.05) is 18.7 Å². The van der Waals surface area contributed by atoms with Gasteiger partial charge in [-0.3, -0.25) is 9.58 Å². The van der Waals surface area contributed by atoms with Crippen molar-refractivity contribution in [3.05, 3.63) is 16.4 Å². The Balaban J connectivity index is 1.76. The fourth-order valence-corrected chi connectivity index (χ4v) is 4.13. The Morgan fingerprint density at radius 2 is 2.05 bits per heavy atom. The third-order valence-corrected chi connectivity index (χ3v) is 5.82. The lowest BCUT2D eigenvalue weighted by Crippen LogP contribution is -2.63. The molecule has 0 amide bonds. The summed E-state index contributed by atoms with van der Waals surface area (Å²) in [6.07, 6.45) is 6.75. The first-order valence-electron chi connectivity index (χ1n) is 8.18. The van der Waals surface area contributed by atoms with E-state index >= 15 is 0 Å². The van der Waals surface area contributed by atoms with Crippen molar-refractivity contribution in [2.75, 3.05) is 13.1 Å². The molecule has 4 nitrogen and oxygen atoms in total. The molecule has 1 N–H and O–H groups in total. The van der Waals surface area contributed by atoms with E-state index in [0.29, 0.717) is 11.6 Å². The molecule has 1 atom stereocenters. The van der Waals surface area contributed by atoms with E-state index in [4.69, 9.17) is 11.6 Å². The molecular formula is C16H27ClN4. The Bertz CT molecular complexity index is 505. The molecule has 2 fully saturated rings. The summed E-state index contributed by atoms with van der Waals surface area (Å²) >= 11 is 6.43. The quantitative estimate of drug-likeness (QED) is 0.912. The second-order valence-corrected chi connectivity index (χ2v) is 7.32. The van der Waals surface area contributed by atoms with Crippen LogP contribution < -0.4 is 5.32 Å². The van der Waals surface area contributed by atoms with Crippen LogP contribution in [0.1, 0.15) is 50.4 Å². The zero-order valence-corrected chi connectivity index (χ0v) is 14.2. The minimum atomic E-state index is 0.338. The Hall–Kier alpha value is -0.580. The Labute approximate surface area is 132 Å². The highest BCUT2D eigenvalue weighted by molar-refractivity contribution is 6.31. The normalized spacial score (nSPS) is 26.4. The molecule has 5 heteroatoms. The molecule has 118 valence electrons. The number of rotatable bonds is 2. The van der Waals surface area contributed by atoms with Crippen molar-refractivity contribution in [2.45, 2.75) is 64.1 Å². The van der Waals surface area contributed by atoms with Gasteiger partial charge in [0.25, 0.3) is 0 Å². The minimum Gasteiger partial charge on any atom is -0.308 e. The highest BCUT2D eigenvalue weighted by Crippen LogP contribution is 2.33. The van der Waals surface area contributed by atoms with E-state index in [0.717, 1.165) is 36.0 Å². The van der Waals surface area contributed by atoms with E-state index in [9.17, 15) is 0 Å².